The van der Waals surface area contributed by atoms with Gasteiger partial charge in [0, 0.05) is 23.3 Å². The first kappa shape index (κ1) is 14.0. The molecule has 2 aliphatic rings. The van der Waals surface area contributed by atoms with Gasteiger partial charge >= 0.3 is 5.97 Å². The van der Waals surface area contributed by atoms with E-state index in [0.29, 0.717) is 5.92 Å². The Labute approximate surface area is 123 Å². The van der Waals surface area contributed by atoms with Crippen molar-refractivity contribution in [1.29, 1.82) is 0 Å². The van der Waals surface area contributed by atoms with Crippen LogP contribution in [0.2, 0.25) is 0 Å². The molecule has 1 saturated carbocycles. The van der Waals surface area contributed by atoms with Crippen molar-refractivity contribution in [3.63, 3.8) is 0 Å². The van der Waals surface area contributed by atoms with Crippen LogP contribution in [0, 0.1) is 18.3 Å². The highest BCUT2D eigenvalue weighted by molar-refractivity contribution is 7.09. The molecule has 110 valence electrons. The van der Waals surface area contributed by atoms with Crippen molar-refractivity contribution >= 4 is 17.3 Å². The molecule has 0 aromatic carbocycles. The number of esters is 1. The highest BCUT2D eigenvalue weighted by atomic mass is 32.1. The first-order valence-corrected chi connectivity index (χ1v) is 8.08. The largest absolute Gasteiger partial charge is 0.461 e. The van der Waals surface area contributed by atoms with Crippen molar-refractivity contribution in [2.24, 2.45) is 11.3 Å². The van der Waals surface area contributed by atoms with Crippen LogP contribution in [-0.2, 0) is 20.7 Å². The van der Waals surface area contributed by atoms with Crippen LogP contribution in [0.4, 0.5) is 0 Å². The average molecular weight is 295 g/mol. The van der Waals surface area contributed by atoms with Crippen molar-refractivity contribution in [1.82, 2.24) is 4.98 Å². The van der Waals surface area contributed by atoms with Crippen molar-refractivity contribution in [2.75, 3.05) is 6.61 Å². The van der Waals surface area contributed by atoms with Crippen LogP contribution in [0.1, 0.15) is 37.4 Å². The molecule has 3 rings (SSSR count). The van der Waals surface area contributed by atoms with Gasteiger partial charge in [0.15, 0.2) is 0 Å². The van der Waals surface area contributed by atoms with E-state index in [9.17, 15) is 4.79 Å². The molecule has 1 aromatic heterocycles. The van der Waals surface area contributed by atoms with E-state index < -0.39 is 0 Å². The third-order valence-electron chi connectivity index (χ3n) is 4.47. The van der Waals surface area contributed by atoms with Crippen molar-refractivity contribution in [3.8, 4) is 0 Å². The standard InChI is InChI=1S/C15H21NO3S/c1-9-16-10(8-20-9)7-12(17)19-14-11-5-4-6-18-13(11)15(14,2)3/h8,11,13-14H,4-7H2,1-3H3/t11-,13+,14+/m0/s1. The Bertz CT molecular complexity index is 511. The maximum absolute atomic E-state index is 12.1. The van der Waals surface area contributed by atoms with E-state index >= 15 is 0 Å². The Balaban J connectivity index is 1.61. The van der Waals surface area contributed by atoms with E-state index in [4.69, 9.17) is 9.47 Å². The van der Waals surface area contributed by atoms with Gasteiger partial charge in [-0.1, -0.05) is 13.8 Å². The van der Waals surface area contributed by atoms with Crippen LogP contribution in [0.3, 0.4) is 0 Å². The third kappa shape index (κ3) is 2.37. The molecular formula is C15H21NO3S. The molecule has 1 saturated heterocycles. The minimum Gasteiger partial charge on any atom is -0.461 e. The van der Waals surface area contributed by atoms with Crippen molar-refractivity contribution < 1.29 is 14.3 Å². The SMILES string of the molecule is Cc1nc(CC(=O)O[C@@H]2[C@H]3CCCO[C@H]3C2(C)C)cs1. The van der Waals surface area contributed by atoms with Crippen molar-refractivity contribution in [2.45, 2.75) is 52.2 Å². The number of hydrogen-bond donors (Lipinski definition) is 0. The summed E-state index contributed by atoms with van der Waals surface area (Å²) in [5.74, 6) is 0.206. The summed E-state index contributed by atoms with van der Waals surface area (Å²) >= 11 is 1.56. The van der Waals surface area contributed by atoms with Crippen LogP contribution >= 0.6 is 11.3 Å². The van der Waals surface area contributed by atoms with Crippen molar-refractivity contribution in [3.05, 3.63) is 16.1 Å². The van der Waals surface area contributed by atoms with Gasteiger partial charge in [0.25, 0.3) is 0 Å². The summed E-state index contributed by atoms with van der Waals surface area (Å²) < 4.78 is 11.6. The summed E-state index contributed by atoms with van der Waals surface area (Å²) in [7, 11) is 0. The molecule has 4 nitrogen and oxygen atoms in total. The van der Waals surface area contributed by atoms with Gasteiger partial charge in [-0.15, -0.1) is 11.3 Å². The molecule has 20 heavy (non-hydrogen) atoms. The van der Waals surface area contributed by atoms with E-state index in [1.807, 2.05) is 12.3 Å². The number of ether oxygens (including phenoxy) is 2. The van der Waals surface area contributed by atoms with E-state index in [2.05, 4.69) is 18.8 Å². The van der Waals surface area contributed by atoms with Gasteiger partial charge in [-0.05, 0) is 19.8 Å². The molecule has 5 heteroatoms. The van der Waals surface area contributed by atoms with Gasteiger partial charge in [-0.2, -0.15) is 0 Å². The Morgan fingerprint density at radius 2 is 2.40 bits per heavy atom. The summed E-state index contributed by atoms with van der Waals surface area (Å²) in [6.45, 7) is 7.04. The van der Waals surface area contributed by atoms with Crippen LogP contribution in [0.15, 0.2) is 5.38 Å². The first-order chi connectivity index (χ1) is 9.48. The zero-order chi connectivity index (χ0) is 14.3. The molecule has 0 N–H and O–H groups in total. The molecule has 0 unspecified atom stereocenters. The molecular weight excluding hydrogens is 274 g/mol. The van der Waals surface area contributed by atoms with Crippen LogP contribution in [0.5, 0.6) is 0 Å². The van der Waals surface area contributed by atoms with Crippen LogP contribution in [-0.4, -0.2) is 29.8 Å². The fraction of sp³-hybridized carbons (Fsp3) is 0.733. The topological polar surface area (TPSA) is 48.4 Å². The maximum Gasteiger partial charge on any atom is 0.312 e. The molecule has 2 fully saturated rings. The number of carbonyl (C=O) groups is 1. The fourth-order valence-electron chi connectivity index (χ4n) is 3.54. The Kier molecular flexibility index (Phi) is 3.58. The van der Waals surface area contributed by atoms with Crippen LogP contribution < -0.4 is 0 Å². The number of carbonyl (C=O) groups excluding carboxylic acids is 1. The molecule has 0 radical (unpaired) electrons. The smallest absolute Gasteiger partial charge is 0.312 e. The molecule has 1 aliphatic heterocycles. The highest BCUT2D eigenvalue weighted by Gasteiger charge is 2.60. The van der Waals surface area contributed by atoms with Gasteiger partial charge < -0.3 is 9.47 Å². The predicted octanol–water partition coefficient (Wildman–Crippen LogP) is 2.74. The van der Waals surface area contributed by atoms with Gasteiger partial charge in [0.2, 0.25) is 0 Å². The maximum atomic E-state index is 12.1. The minimum atomic E-state index is -0.169. The Morgan fingerprint density at radius 3 is 3.10 bits per heavy atom. The Hall–Kier alpha value is -0.940. The minimum absolute atomic E-state index is 0.0139. The van der Waals surface area contributed by atoms with E-state index in [1.54, 1.807) is 11.3 Å². The van der Waals surface area contributed by atoms with Gasteiger partial charge in [-0.3, -0.25) is 4.79 Å². The predicted molar refractivity (Wildman–Crippen MR) is 76.7 cm³/mol. The monoisotopic (exact) mass is 295 g/mol. The lowest BCUT2D eigenvalue weighted by Crippen LogP contribution is -2.65. The number of hydrogen-bond acceptors (Lipinski definition) is 5. The number of rotatable bonds is 3. The summed E-state index contributed by atoms with van der Waals surface area (Å²) in [5.41, 5.74) is 0.740. The number of nitrogens with zero attached hydrogens (tertiary/aromatic N) is 1. The summed E-state index contributed by atoms with van der Waals surface area (Å²) in [4.78, 5) is 16.4. The van der Waals surface area contributed by atoms with Gasteiger partial charge in [0.1, 0.15) is 6.10 Å². The molecule has 2 heterocycles. The van der Waals surface area contributed by atoms with E-state index in [1.165, 1.54) is 0 Å². The zero-order valence-electron chi connectivity index (χ0n) is 12.2. The van der Waals surface area contributed by atoms with Gasteiger partial charge in [0.05, 0.1) is 23.2 Å². The van der Waals surface area contributed by atoms with Crippen LogP contribution in [0.25, 0.3) is 0 Å². The number of aryl methyl sites for hydroxylation is 1. The highest BCUT2D eigenvalue weighted by Crippen LogP contribution is 2.52. The summed E-state index contributed by atoms with van der Waals surface area (Å²) in [5, 5.41) is 2.91. The fourth-order valence-corrected chi connectivity index (χ4v) is 4.15. The van der Waals surface area contributed by atoms with E-state index in [0.717, 1.165) is 30.2 Å². The summed E-state index contributed by atoms with van der Waals surface area (Å²) in [6.07, 6.45) is 2.67. The third-order valence-corrected chi connectivity index (χ3v) is 5.30. The summed E-state index contributed by atoms with van der Waals surface area (Å²) in [6, 6.07) is 0. The normalized spacial score (nSPS) is 31.2. The van der Waals surface area contributed by atoms with Gasteiger partial charge in [-0.25, -0.2) is 4.98 Å². The lowest BCUT2D eigenvalue weighted by Gasteiger charge is -2.58. The number of aromatic nitrogens is 1. The first-order valence-electron chi connectivity index (χ1n) is 7.20. The zero-order valence-corrected chi connectivity index (χ0v) is 13.0. The molecule has 1 aromatic rings. The Morgan fingerprint density at radius 1 is 1.60 bits per heavy atom. The van der Waals surface area contributed by atoms with E-state index in [-0.39, 0.29) is 30.0 Å². The second-order valence-corrected chi connectivity index (χ2v) is 7.43. The number of thiazole rings is 1. The molecule has 0 bridgehead atoms. The lowest BCUT2D eigenvalue weighted by molar-refractivity contribution is -0.254. The second-order valence-electron chi connectivity index (χ2n) is 6.36. The molecule has 3 atom stereocenters. The lowest BCUT2D eigenvalue weighted by atomic mass is 9.57. The molecule has 0 amide bonds. The number of fused-ring (bicyclic) bond motifs is 1. The molecule has 0 spiro atoms. The second kappa shape index (κ2) is 5.11. The molecule has 1 aliphatic carbocycles. The average Bonchev–Trinajstić information content (AvgIpc) is 2.81. The quantitative estimate of drug-likeness (QED) is 0.805.